The van der Waals surface area contributed by atoms with Gasteiger partial charge in [-0.15, -0.1) is 6.42 Å². The summed E-state index contributed by atoms with van der Waals surface area (Å²) in [6.07, 6.45) is 11.0. The third kappa shape index (κ3) is 15.6. The Morgan fingerprint density at radius 1 is 1.36 bits per heavy atom. The molecule has 1 aliphatic rings. The van der Waals surface area contributed by atoms with Crippen molar-refractivity contribution in [2.75, 3.05) is 0 Å². The zero-order valence-electron chi connectivity index (χ0n) is 9.11. The summed E-state index contributed by atoms with van der Waals surface area (Å²) in [5, 5.41) is 0. The molecule has 0 aromatic carbocycles. The molecule has 0 spiro atoms. The van der Waals surface area contributed by atoms with Crippen LogP contribution in [0, 0.1) is 6.08 Å². The van der Waals surface area contributed by atoms with Gasteiger partial charge in [0.15, 0.2) is 0 Å². The van der Waals surface area contributed by atoms with Gasteiger partial charge in [-0.1, -0.05) is 32.9 Å². The van der Waals surface area contributed by atoms with Gasteiger partial charge in [0, 0.05) is 9.52 Å². The van der Waals surface area contributed by atoms with Gasteiger partial charge in [0.1, 0.15) is 0 Å². The Balaban J connectivity index is -0.0000000758. The Labute approximate surface area is 123 Å². The summed E-state index contributed by atoms with van der Waals surface area (Å²) < 4.78 is 0. The van der Waals surface area contributed by atoms with Crippen molar-refractivity contribution >= 4 is 9.52 Å². The van der Waals surface area contributed by atoms with Gasteiger partial charge in [0.25, 0.3) is 0 Å². The Kier molecular flexibility index (Phi) is 34.3. The van der Waals surface area contributed by atoms with E-state index in [1.54, 1.807) is 0 Å². The number of halogens is 2. The summed E-state index contributed by atoms with van der Waals surface area (Å²) in [6, 6.07) is 0. The van der Waals surface area contributed by atoms with Crippen LogP contribution in [0.4, 0.5) is 0 Å². The molecule has 0 aliphatic heterocycles. The summed E-state index contributed by atoms with van der Waals surface area (Å²) >= 11 is 0. The van der Waals surface area contributed by atoms with E-state index < -0.39 is 0 Å². The van der Waals surface area contributed by atoms with Crippen LogP contribution < -0.4 is 24.8 Å². The van der Waals surface area contributed by atoms with Crippen LogP contribution in [-0.2, 0) is 26.2 Å². The summed E-state index contributed by atoms with van der Waals surface area (Å²) in [5.74, 6) is 0. The molecule has 0 amide bonds. The van der Waals surface area contributed by atoms with E-state index in [2.05, 4.69) is 38.2 Å². The fourth-order valence-corrected chi connectivity index (χ4v) is 0.902. The molecule has 0 N–H and O–H groups in total. The maximum absolute atomic E-state index is 3.14. The molecule has 14 heavy (non-hydrogen) atoms. The van der Waals surface area contributed by atoms with Crippen molar-refractivity contribution in [1.82, 2.24) is 0 Å². The van der Waals surface area contributed by atoms with Gasteiger partial charge in [-0.05, 0) is 0 Å². The summed E-state index contributed by atoms with van der Waals surface area (Å²) in [5.41, 5.74) is 1.47. The second-order valence-electron chi connectivity index (χ2n) is 2.66. The van der Waals surface area contributed by atoms with Gasteiger partial charge >= 0.3 is 26.2 Å². The van der Waals surface area contributed by atoms with Gasteiger partial charge in [-0.3, -0.25) is 6.08 Å². The van der Waals surface area contributed by atoms with E-state index in [1.165, 1.54) is 18.4 Å². The normalized spacial score (nSPS) is 10.9. The van der Waals surface area contributed by atoms with E-state index in [-0.39, 0.29) is 51.0 Å². The number of rotatable bonds is 2. The molecule has 0 heterocycles. The zero-order valence-corrected chi connectivity index (χ0v) is 14.2. The molecule has 0 bridgehead atoms. The summed E-state index contributed by atoms with van der Waals surface area (Å²) in [4.78, 5) is 0. The topological polar surface area (TPSA) is 0 Å². The van der Waals surface area contributed by atoms with E-state index in [0.717, 1.165) is 15.9 Å². The minimum Gasteiger partial charge on any atom is -1.00 e. The first-order valence-corrected chi connectivity index (χ1v) is 6.65. The molecule has 4 heteroatoms. The third-order valence-corrected chi connectivity index (χ3v) is 1.31. The molecular formula is C10H18Cl2SiZr. The fourth-order valence-electron chi connectivity index (χ4n) is 0.902. The van der Waals surface area contributed by atoms with Crippen LogP contribution in [0.15, 0.2) is 17.7 Å². The van der Waals surface area contributed by atoms with Gasteiger partial charge in [-0.25, -0.2) is 11.6 Å². The van der Waals surface area contributed by atoms with Crippen LogP contribution >= 0.6 is 0 Å². The minimum atomic E-state index is 0. The quantitative estimate of drug-likeness (QED) is 0.374. The van der Waals surface area contributed by atoms with Crippen molar-refractivity contribution < 1.29 is 51.0 Å². The van der Waals surface area contributed by atoms with Crippen LogP contribution in [0.2, 0.25) is 13.1 Å². The number of hydrogen-bond donors (Lipinski definition) is 0. The predicted molar refractivity (Wildman–Crippen MR) is 54.3 cm³/mol. The first-order chi connectivity index (χ1) is 5.35. The third-order valence-electron chi connectivity index (χ3n) is 1.31. The molecule has 1 rings (SSSR count). The molecule has 0 nitrogen and oxygen atoms in total. The second-order valence-corrected chi connectivity index (χ2v) is 3.81. The standard InChI is InChI=1S/C8H11.C2H7Si.2ClH.Zr/c1-2-5-8-6-3-4-7-8;1-3-2;;;/h6-7H,2-3,5H2,1H3;3H,1-2H3;2*1H;/q-1;;;;+3/p-2. The Hall–Kier alpha value is 1.16. The maximum atomic E-state index is 3.14. The number of allylic oxidation sites excluding steroid dienone is 4. The van der Waals surface area contributed by atoms with E-state index in [1.807, 2.05) is 0 Å². The van der Waals surface area contributed by atoms with Crippen molar-refractivity contribution in [2.45, 2.75) is 39.3 Å². The van der Waals surface area contributed by atoms with Gasteiger partial charge in [0.2, 0.25) is 0 Å². The van der Waals surface area contributed by atoms with Crippen molar-refractivity contribution in [3.05, 3.63) is 23.8 Å². The van der Waals surface area contributed by atoms with Crippen LogP contribution in [0.3, 0.4) is 0 Å². The van der Waals surface area contributed by atoms with Crippen molar-refractivity contribution in [3.8, 4) is 0 Å². The first kappa shape index (κ1) is 24.4. The zero-order chi connectivity index (χ0) is 8.53. The molecule has 80 valence electrons. The van der Waals surface area contributed by atoms with Crippen LogP contribution in [0.25, 0.3) is 0 Å². The average Bonchev–Trinajstić information content (AvgIpc) is 2.42. The predicted octanol–water partition coefficient (Wildman–Crippen LogP) is -3.00. The Morgan fingerprint density at radius 2 is 1.86 bits per heavy atom. The fraction of sp³-hybridized carbons (Fsp3) is 0.600. The van der Waals surface area contributed by atoms with Gasteiger partial charge < -0.3 is 24.8 Å². The van der Waals surface area contributed by atoms with Gasteiger partial charge in [0.05, 0.1) is 0 Å². The molecule has 0 aromatic heterocycles. The smallest absolute Gasteiger partial charge is 1.00 e. The van der Waals surface area contributed by atoms with E-state index in [9.17, 15) is 0 Å². The molecule has 0 saturated heterocycles. The Bertz CT molecular complexity index is 147. The van der Waals surface area contributed by atoms with Crippen molar-refractivity contribution in [1.29, 1.82) is 0 Å². The molecular weight excluding hydrogens is 310 g/mol. The van der Waals surface area contributed by atoms with Crippen molar-refractivity contribution in [2.24, 2.45) is 0 Å². The van der Waals surface area contributed by atoms with E-state index in [0.29, 0.717) is 0 Å². The molecule has 1 aliphatic carbocycles. The average molecular weight is 328 g/mol. The van der Waals surface area contributed by atoms with Crippen molar-refractivity contribution in [3.63, 3.8) is 0 Å². The van der Waals surface area contributed by atoms with Crippen LogP contribution in [0.1, 0.15) is 26.2 Å². The second kappa shape index (κ2) is 19.7. The summed E-state index contributed by atoms with van der Waals surface area (Å²) in [6.45, 7) is 6.62. The van der Waals surface area contributed by atoms with Crippen LogP contribution in [-0.4, -0.2) is 9.52 Å². The van der Waals surface area contributed by atoms with E-state index >= 15 is 0 Å². The first-order valence-electron chi connectivity index (χ1n) is 4.34. The molecule has 0 saturated carbocycles. The van der Waals surface area contributed by atoms with Gasteiger partial charge in [-0.2, -0.15) is 6.08 Å². The monoisotopic (exact) mass is 326 g/mol. The molecule has 0 aromatic rings. The maximum Gasteiger partial charge on any atom is 3.00 e. The van der Waals surface area contributed by atoms with Crippen LogP contribution in [0.5, 0.6) is 0 Å². The largest absolute Gasteiger partial charge is 3.00 e. The SMILES string of the molecule is CCCC1=CC[C-]=C1.C[SiH]C.[Cl-].[Cl-].[Zr+3]. The molecule has 2 radical (unpaired) electrons. The molecule has 0 fully saturated rings. The number of hydrogen-bond acceptors (Lipinski definition) is 0. The van der Waals surface area contributed by atoms with E-state index in [4.69, 9.17) is 0 Å². The Morgan fingerprint density at radius 3 is 2.14 bits per heavy atom. The summed E-state index contributed by atoms with van der Waals surface area (Å²) in [7, 11) is 0.750. The minimum absolute atomic E-state index is 0. The molecule has 0 atom stereocenters. The molecule has 0 unspecified atom stereocenters.